The molecule has 5 fully saturated rings. The van der Waals surface area contributed by atoms with E-state index in [1.54, 1.807) is 0 Å². The maximum Gasteiger partial charge on any atom is 0.333 e. The Bertz CT molecular complexity index is 777. The molecular weight excluding hydrogens is 455 g/mol. The van der Waals surface area contributed by atoms with E-state index in [1.807, 2.05) is 11.8 Å². The van der Waals surface area contributed by atoms with E-state index in [1.165, 1.54) is 0 Å². The van der Waals surface area contributed by atoms with E-state index in [9.17, 15) is 17.9 Å². The van der Waals surface area contributed by atoms with Gasteiger partial charge in [0.1, 0.15) is 6.17 Å². The van der Waals surface area contributed by atoms with E-state index in [-0.39, 0.29) is 18.7 Å². The molecule has 0 aromatic carbocycles. The summed E-state index contributed by atoms with van der Waals surface area (Å²) in [6, 6.07) is 0.823. The first-order valence-electron chi connectivity index (χ1n) is 12.1. The molecule has 184 valence electrons. The van der Waals surface area contributed by atoms with Crippen LogP contribution < -0.4 is 21.1 Å². The molecular formula is C21H37FN4O4S2. The summed E-state index contributed by atoms with van der Waals surface area (Å²) in [4.78, 5) is 0. The van der Waals surface area contributed by atoms with Crippen LogP contribution in [0.2, 0.25) is 0 Å². The summed E-state index contributed by atoms with van der Waals surface area (Å²) in [5.41, 5.74) is 0. The van der Waals surface area contributed by atoms with Gasteiger partial charge in [0.05, 0.1) is 18.9 Å². The third-order valence-electron chi connectivity index (χ3n) is 8.77. The third-order valence-corrected chi connectivity index (χ3v) is 10.8. The van der Waals surface area contributed by atoms with Crippen molar-refractivity contribution >= 4 is 22.1 Å². The number of alkyl halides is 1. The number of hydrogen-bond donors (Lipinski definition) is 5. The molecule has 3 saturated carbocycles. The standard InChI is InChI=1S/C21H37FN4O4S2/c22-14-2-3-15-11(6-14)1-4-17(15)26-21-20-19(24-10-25-21)16(9-31-20)12-5-13(18(27)7-12)8-30-32(23,28)29/h11-21,24-27H,1-10H2,(H2,23,28,29)/t11?,12?,13-,14?,15?,16+,17?,18-,19?,20?,21?/m0/s1. The SMILES string of the molecule is NS(=O)(=O)OC[C@@H]1CC([C@H]2CSC3C(NC4CCC5CC(F)CCC54)NCNC32)C[C@@H]1O. The van der Waals surface area contributed by atoms with Gasteiger partial charge in [0, 0.05) is 29.9 Å². The number of thioether (sulfide) groups is 1. The molecule has 8 nitrogen and oxygen atoms in total. The van der Waals surface area contributed by atoms with Crippen LogP contribution in [0.15, 0.2) is 0 Å². The molecule has 6 N–H and O–H groups in total. The summed E-state index contributed by atoms with van der Waals surface area (Å²) in [6.07, 6.45) is 5.24. The summed E-state index contributed by atoms with van der Waals surface area (Å²) < 4.78 is 40.9. The Morgan fingerprint density at radius 1 is 1.09 bits per heavy atom. The summed E-state index contributed by atoms with van der Waals surface area (Å²) >= 11 is 1.99. The average Bonchev–Trinajstić information content (AvgIpc) is 3.43. The van der Waals surface area contributed by atoms with Gasteiger partial charge in [-0.2, -0.15) is 20.2 Å². The van der Waals surface area contributed by atoms with Crippen LogP contribution in [0.25, 0.3) is 0 Å². The Hall–Kier alpha value is -0.0100. The zero-order valence-corrected chi connectivity index (χ0v) is 20.0. The maximum absolute atomic E-state index is 13.8. The van der Waals surface area contributed by atoms with Crippen LogP contribution in [0.4, 0.5) is 4.39 Å². The molecule has 2 heterocycles. The van der Waals surface area contributed by atoms with Crippen molar-refractivity contribution in [2.75, 3.05) is 19.0 Å². The molecule has 5 rings (SSSR count). The molecule has 0 amide bonds. The van der Waals surface area contributed by atoms with Crippen LogP contribution in [0, 0.1) is 29.6 Å². The van der Waals surface area contributed by atoms with Crippen molar-refractivity contribution in [3.8, 4) is 0 Å². The van der Waals surface area contributed by atoms with Crippen LogP contribution in [0.5, 0.6) is 0 Å². The molecule has 2 saturated heterocycles. The van der Waals surface area contributed by atoms with Gasteiger partial charge in [0.15, 0.2) is 0 Å². The lowest BCUT2D eigenvalue weighted by Gasteiger charge is -2.41. The van der Waals surface area contributed by atoms with Crippen molar-refractivity contribution in [3.05, 3.63) is 0 Å². The van der Waals surface area contributed by atoms with Crippen LogP contribution in [-0.4, -0.2) is 68.3 Å². The Balaban J connectivity index is 1.18. The third kappa shape index (κ3) is 5.00. The predicted octanol–water partition coefficient (Wildman–Crippen LogP) is 0.677. The molecule has 5 aliphatic rings. The Labute approximate surface area is 194 Å². The van der Waals surface area contributed by atoms with Crippen LogP contribution in [0.1, 0.15) is 44.9 Å². The lowest BCUT2D eigenvalue weighted by atomic mass is 9.79. The van der Waals surface area contributed by atoms with Gasteiger partial charge in [-0.1, -0.05) is 0 Å². The number of halogens is 1. The second-order valence-corrected chi connectivity index (χ2v) is 13.0. The number of fused-ring (bicyclic) bond motifs is 2. The summed E-state index contributed by atoms with van der Waals surface area (Å²) in [5, 5.41) is 27.1. The molecule has 2 aliphatic heterocycles. The first-order chi connectivity index (χ1) is 15.3. The highest BCUT2D eigenvalue weighted by Crippen LogP contribution is 2.47. The normalized spacial score (nSPS) is 49.2. The molecule has 0 aromatic rings. The molecule has 0 radical (unpaired) electrons. The highest BCUT2D eigenvalue weighted by atomic mass is 32.2. The monoisotopic (exact) mass is 492 g/mol. The first-order valence-corrected chi connectivity index (χ1v) is 14.6. The van der Waals surface area contributed by atoms with Gasteiger partial charge in [0.2, 0.25) is 0 Å². The number of rotatable bonds is 6. The first kappa shape index (κ1) is 23.7. The molecule has 0 bridgehead atoms. The van der Waals surface area contributed by atoms with E-state index >= 15 is 0 Å². The average molecular weight is 493 g/mol. The minimum absolute atomic E-state index is 0.0480. The van der Waals surface area contributed by atoms with Gasteiger partial charge in [-0.15, -0.1) is 0 Å². The topological polar surface area (TPSA) is 126 Å². The fourth-order valence-corrected chi connectivity index (χ4v) is 9.38. The predicted molar refractivity (Wildman–Crippen MR) is 122 cm³/mol. The van der Waals surface area contributed by atoms with Crippen molar-refractivity contribution in [3.63, 3.8) is 0 Å². The van der Waals surface area contributed by atoms with E-state index in [0.717, 1.165) is 44.5 Å². The van der Waals surface area contributed by atoms with Crippen molar-refractivity contribution in [1.29, 1.82) is 0 Å². The van der Waals surface area contributed by atoms with Crippen LogP contribution in [-0.2, 0) is 14.5 Å². The minimum atomic E-state index is -3.99. The number of aliphatic hydroxyl groups excluding tert-OH is 1. The quantitative estimate of drug-likeness (QED) is 0.367. The van der Waals surface area contributed by atoms with Gasteiger partial charge in [0.25, 0.3) is 0 Å². The van der Waals surface area contributed by atoms with Gasteiger partial charge in [-0.3, -0.25) is 14.8 Å². The second kappa shape index (κ2) is 9.56. The molecule has 0 spiro atoms. The van der Waals surface area contributed by atoms with E-state index < -0.39 is 22.6 Å². The maximum atomic E-state index is 13.8. The van der Waals surface area contributed by atoms with Gasteiger partial charge in [-0.05, 0) is 74.4 Å². The van der Waals surface area contributed by atoms with Crippen molar-refractivity contribution in [2.24, 2.45) is 34.7 Å². The molecule has 11 atom stereocenters. The van der Waals surface area contributed by atoms with Crippen LogP contribution in [0.3, 0.4) is 0 Å². The zero-order valence-electron chi connectivity index (χ0n) is 18.4. The summed E-state index contributed by atoms with van der Waals surface area (Å²) in [6.45, 7) is 0.699. The molecule has 32 heavy (non-hydrogen) atoms. The highest BCUT2D eigenvalue weighted by Gasteiger charge is 2.50. The molecule has 11 heteroatoms. The van der Waals surface area contributed by atoms with Gasteiger partial charge in [-0.25, -0.2) is 9.53 Å². The molecule has 8 unspecified atom stereocenters. The van der Waals surface area contributed by atoms with Gasteiger partial charge < -0.3 is 10.4 Å². The van der Waals surface area contributed by atoms with Crippen molar-refractivity contribution < 1.29 is 22.1 Å². The number of nitrogens with two attached hydrogens (primary N) is 1. The molecule has 3 aliphatic carbocycles. The highest BCUT2D eigenvalue weighted by molar-refractivity contribution is 8.00. The van der Waals surface area contributed by atoms with E-state index in [4.69, 9.17) is 9.32 Å². The fourth-order valence-electron chi connectivity index (χ4n) is 7.22. The van der Waals surface area contributed by atoms with Crippen LogP contribution >= 0.6 is 11.8 Å². The Morgan fingerprint density at radius 3 is 2.75 bits per heavy atom. The largest absolute Gasteiger partial charge is 0.393 e. The Kier molecular flexibility index (Phi) is 7.09. The van der Waals surface area contributed by atoms with Gasteiger partial charge >= 0.3 is 10.3 Å². The summed E-state index contributed by atoms with van der Waals surface area (Å²) in [5.74, 6) is 2.74. The lowest BCUT2D eigenvalue weighted by molar-refractivity contribution is 0.0995. The molecule has 0 aromatic heterocycles. The smallest absolute Gasteiger partial charge is 0.333 e. The second-order valence-electron chi connectivity index (χ2n) is 10.6. The summed E-state index contributed by atoms with van der Waals surface area (Å²) in [7, 11) is -3.99. The van der Waals surface area contributed by atoms with Crippen molar-refractivity contribution in [2.45, 2.75) is 80.7 Å². The Morgan fingerprint density at radius 2 is 1.94 bits per heavy atom. The number of hydrogen-bond acceptors (Lipinski definition) is 8. The van der Waals surface area contributed by atoms with Crippen molar-refractivity contribution in [1.82, 2.24) is 16.0 Å². The number of nitrogens with one attached hydrogen (secondary N) is 3. The number of aliphatic hydroxyl groups is 1. The minimum Gasteiger partial charge on any atom is -0.393 e. The lowest BCUT2D eigenvalue weighted by Crippen LogP contribution is -2.66. The fraction of sp³-hybridized carbons (Fsp3) is 1.00. The van der Waals surface area contributed by atoms with E-state index in [0.29, 0.717) is 53.8 Å². The zero-order chi connectivity index (χ0) is 22.5. The van der Waals surface area contributed by atoms with E-state index in [2.05, 4.69) is 16.0 Å².